The summed E-state index contributed by atoms with van der Waals surface area (Å²) in [7, 11) is 1.68. The van der Waals surface area contributed by atoms with Crippen molar-refractivity contribution in [3.63, 3.8) is 0 Å². The van der Waals surface area contributed by atoms with Crippen LogP contribution in [0.5, 0.6) is 5.75 Å². The van der Waals surface area contributed by atoms with E-state index in [0.717, 1.165) is 65.3 Å². The number of hydrogen-bond acceptors (Lipinski definition) is 7. The Kier molecular flexibility index (Phi) is 6.18. The number of amides is 2. The number of rotatable bonds is 6. The molecular formula is C27H29N5O3S. The summed E-state index contributed by atoms with van der Waals surface area (Å²) >= 11 is 1.54. The Morgan fingerprint density at radius 3 is 3.00 bits per heavy atom. The second-order valence-corrected chi connectivity index (χ2v) is 10.7. The first kappa shape index (κ1) is 23.1. The molecule has 0 bridgehead atoms. The van der Waals surface area contributed by atoms with Crippen molar-refractivity contribution < 1.29 is 14.3 Å². The number of pyridine rings is 1. The second-order valence-electron chi connectivity index (χ2n) is 9.64. The maximum absolute atomic E-state index is 12.8. The fourth-order valence-electron chi connectivity index (χ4n) is 5.46. The lowest BCUT2D eigenvalue weighted by Crippen LogP contribution is -2.41. The van der Waals surface area contributed by atoms with Crippen molar-refractivity contribution in [2.24, 2.45) is 0 Å². The third kappa shape index (κ3) is 4.49. The maximum atomic E-state index is 12.8. The van der Waals surface area contributed by atoms with Crippen molar-refractivity contribution in [1.82, 2.24) is 15.6 Å². The van der Waals surface area contributed by atoms with Crippen molar-refractivity contribution in [3.8, 4) is 5.75 Å². The van der Waals surface area contributed by atoms with Gasteiger partial charge in [0.15, 0.2) is 0 Å². The van der Waals surface area contributed by atoms with E-state index in [-0.39, 0.29) is 23.8 Å². The fourth-order valence-corrected chi connectivity index (χ4v) is 6.25. The van der Waals surface area contributed by atoms with Crippen molar-refractivity contribution in [1.29, 1.82) is 0 Å². The summed E-state index contributed by atoms with van der Waals surface area (Å²) in [6, 6.07) is 14.5. The number of nitrogens with one attached hydrogen (secondary N) is 3. The molecule has 3 N–H and O–H groups in total. The summed E-state index contributed by atoms with van der Waals surface area (Å²) in [5.74, 6) is 1.14. The van der Waals surface area contributed by atoms with Gasteiger partial charge in [-0.25, -0.2) is 0 Å². The topological polar surface area (TPSA) is 95.6 Å². The molecule has 3 aliphatic heterocycles. The largest absolute Gasteiger partial charge is 0.497 e. The van der Waals surface area contributed by atoms with Crippen molar-refractivity contribution in [2.75, 3.05) is 42.7 Å². The van der Waals surface area contributed by atoms with Crippen LogP contribution in [0.2, 0.25) is 0 Å². The van der Waals surface area contributed by atoms with Crippen LogP contribution >= 0.6 is 11.8 Å². The Morgan fingerprint density at radius 2 is 2.11 bits per heavy atom. The summed E-state index contributed by atoms with van der Waals surface area (Å²) < 4.78 is 5.43. The predicted molar refractivity (Wildman–Crippen MR) is 142 cm³/mol. The van der Waals surface area contributed by atoms with Crippen LogP contribution in [0.1, 0.15) is 24.3 Å². The van der Waals surface area contributed by atoms with Crippen LogP contribution in [0.4, 0.5) is 11.4 Å². The van der Waals surface area contributed by atoms with Gasteiger partial charge in [-0.2, -0.15) is 0 Å². The van der Waals surface area contributed by atoms with Crippen molar-refractivity contribution in [3.05, 3.63) is 54.2 Å². The summed E-state index contributed by atoms with van der Waals surface area (Å²) in [6.45, 7) is 2.61. The molecule has 0 saturated carbocycles. The third-order valence-electron chi connectivity index (χ3n) is 7.33. The molecule has 2 aromatic carbocycles. The van der Waals surface area contributed by atoms with Gasteiger partial charge in [0.2, 0.25) is 11.8 Å². The molecule has 9 heteroatoms. The molecule has 2 amide bonds. The molecule has 2 fully saturated rings. The lowest BCUT2D eigenvalue weighted by molar-refractivity contribution is -0.120. The zero-order chi connectivity index (χ0) is 24.6. The first-order valence-corrected chi connectivity index (χ1v) is 13.3. The fraction of sp³-hybridized carbons (Fsp3) is 0.370. The molecule has 1 aromatic heterocycles. The van der Waals surface area contributed by atoms with E-state index in [4.69, 9.17) is 4.74 Å². The van der Waals surface area contributed by atoms with Gasteiger partial charge in [0, 0.05) is 53.9 Å². The van der Waals surface area contributed by atoms with Crippen LogP contribution in [-0.4, -0.2) is 61.4 Å². The molecule has 186 valence electrons. The minimum atomic E-state index is -0.191. The normalized spacial score (nSPS) is 23.5. The number of carbonyl (C=O) groups is 2. The van der Waals surface area contributed by atoms with Crippen LogP contribution < -0.4 is 25.6 Å². The Morgan fingerprint density at radius 1 is 1.19 bits per heavy atom. The summed E-state index contributed by atoms with van der Waals surface area (Å²) in [4.78, 5) is 32.5. The van der Waals surface area contributed by atoms with Crippen LogP contribution in [0, 0.1) is 0 Å². The second kappa shape index (κ2) is 9.63. The van der Waals surface area contributed by atoms with Crippen LogP contribution in [0.15, 0.2) is 53.6 Å². The van der Waals surface area contributed by atoms with E-state index in [9.17, 15) is 9.59 Å². The number of anilines is 2. The molecule has 1 unspecified atom stereocenters. The lowest BCUT2D eigenvalue weighted by Gasteiger charge is -2.22. The zero-order valence-electron chi connectivity index (χ0n) is 20.1. The molecule has 6 rings (SSSR count). The third-order valence-corrected chi connectivity index (χ3v) is 8.40. The SMILES string of the molecule is COc1ccc2nccc(N3CC[C@H](NCC4C[C@H](c5ccc6c(c5)NC(=O)CS6)C(=O)N4)C3)c2c1. The number of hydrogen-bond donors (Lipinski definition) is 3. The first-order valence-electron chi connectivity index (χ1n) is 12.4. The minimum absolute atomic E-state index is 0.00658. The van der Waals surface area contributed by atoms with Gasteiger partial charge in [-0.15, -0.1) is 11.8 Å². The minimum Gasteiger partial charge on any atom is -0.497 e. The quantitative estimate of drug-likeness (QED) is 0.476. The van der Waals surface area contributed by atoms with Gasteiger partial charge in [-0.3, -0.25) is 14.6 Å². The van der Waals surface area contributed by atoms with Gasteiger partial charge < -0.3 is 25.6 Å². The van der Waals surface area contributed by atoms with Crippen LogP contribution in [-0.2, 0) is 9.59 Å². The van der Waals surface area contributed by atoms with E-state index in [1.54, 1.807) is 7.11 Å². The van der Waals surface area contributed by atoms with E-state index < -0.39 is 0 Å². The summed E-state index contributed by atoms with van der Waals surface area (Å²) in [6.07, 6.45) is 3.65. The molecule has 8 nitrogen and oxygen atoms in total. The molecule has 3 aromatic rings. The lowest BCUT2D eigenvalue weighted by atomic mass is 9.95. The maximum Gasteiger partial charge on any atom is 0.234 e. The van der Waals surface area contributed by atoms with Crippen molar-refractivity contribution in [2.45, 2.75) is 35.7 Å². The number of aromatic nitrogens is 1. The molecular weight excluding hydrogens is 474 g/mol. The van der Waals surface area contributed by atoms with Gasteiger partial charge in [0.25, 0.3) is 0 Å². The average molecular weight is 504 g/mol. The number of thioether (sulfide) groups is 1. The molecule has 3 aliphatic rings. The highest BCUT2D eigenvalue weighted by atomic mass is 32.2. The number of carbonyl (C=O) groups excluding carboxylic acids is 2. The van der Waals surface area contributed by atoms with E-state index in [1.807, 2.05) is 36.5 Å². The number of methoxy groups -OCH3 is 1. The molecule has 4 heterocycles. The van der Waals surface area contributed by atoms with Gasteiger partial charge in [0.1, 0.15) is 5.75 Å². The number of fused-ring (bicyclic) bond motifs is 2. The molecule has 0 aliphatic carbocycles. The smallest absolute Gasteiger partial charge is 0.234 e. The molecule has 2 saturated heterocycles. The number of nitrogens with zero attached hydrogens (tertiary/aromatic N) is 2. The summed E-state index contributed by atoms with van der Waals surface area (Å²) in [5.41, 5.74) is 3.92. The van der Waals surface area contributed by atoms with E-state index in [0.29, 0.717) is 11.8 Å². The van der Waals surface area contributed by atoms with Gasteiger partial charge >= 0.3 is 0 Å². The molecule has 0 radical (unpaired) electrons. The average Bonchev–Trinajstić information content (AvgIpc) is 3.52. The summed E-state index contributed by atoms with van der Waals surface area (Å²) in [5, 5.41) is 10.9. The van der Waals surface area contributed by atoms with E-state index >= 15 is 0 Å². The van der Waals surface area contributed by atoms with Gasteiger partial charge in [-0.1, -0.05) is 6.07 Å². The Labute approximate surface area is 214 Å². The highest BCUT2D eigenvalue weighted by Crippen LogP contribution is 2.36. The monoisotopic (exact) mass is 503 g/mol. The number of ether oxygens (including phenoxy) is 1. The van der Waals surface area contributed by atoms with Crippen LogP contribution in [0.3, 0.4) is 0 Å². The Hall–Kier alpha value is -3.30. The zero-order valence-corrected chi connectivity index (χ0v) is 20.9. The molecule has 36 heavy (non-hydrogen) atoms. The highest BCUT2D eigenvalue weighted by Gasteiger charge is 2.34. The predicted octanol–water partition coefficient (Wildman–Crippen LogP) is 3.13. The molecule has 3 atom stereocenters. The van der Waals surface area contributed by atoms with Gasteiger partial charge in [-0.05, 0) is 54.8 Å². The molecule has 0 spiro atoms. The van der Waals surface area contributed by atoms with Gasteiger partial charge in [0.05, 0.1) is 30.0 Å². The Bertz CT molecular complexity index is 1330. The Balaban J connectivity index is 1.07. The standard InChI is InChI=1S/C27H29N5O3S/c1-35-19-3-4-22-21(12-19)24(6-8-28-22)32-9-7-17(14-32)29-13-18-11-20(27(34)30-18)16-2-5-25-23(10-16)31-26(33)15-36-25/h2-6,8,10,12,17-18,20,29H,7,9,11,13-15H2,1H3,(H,30,34)(H,31,33)/t17-,18?,20+/m0/s1. The van der Waals surface area contributed by atoms with E-state index in [2.05, 4.69) is 38.0 Å². The first-order chi connectivity index (χ1) is 17.6. The van der Waals surface area contributed by atoms with Crippen molar-refractivity contribution >= 4 is 45.9 Å². The van der Waals surface area contributed by atoms with Crippen LogP contribution in [0.25, 0.3) is 10.9 Å². The highest BCUT2D eigenvalue weighted by molar-refractivity contribution is 8.00. The van der Waals surface area contributed by atoms with E-state index in [1.165, 1.54) is 17.4 Å². The number of benzene rings is 2.